The van der Waals surface area contributed by atoms with Crippen LogP contribution in [0.5, 0.6) is 0 Å². The molecule has 7 heteroatoms. The van der Waals surface area contributed by atoms with Gasteiger partial charge in [0.2, 0.25) is 5.91 Å². The van der Waals surface area contributed by atoms with Crippen molar-refractivity contribution in [2.45, 2.75) is 26.2 Å². The van der Waals surface area contributed by atoms with Crippen molar-refractivity contribution in [3.05, 3.63) is 50.2 Å². The van der Waals surface area contributed by atoms with Crippen LogP contribution in [-0.2, 0) is 22.4 Å². The summed E-state index contributed by atoms with van der Waals surface area (Å²) in [5.41, 5.74) is 2.85. The van der Waals surface area contributed by atoms with Crippen molar-refractivity contribution in [2.75, 3.05) is 31.6 Å². The number of ether oxygens (including phenoxy) is 1. The van der Waals surface area contributed by atoms with Crippen LogP contribution in [0.15, 0.2) is 24.3 Å². The number of hydrogen-bond acceptors (Lipinski definition) is 4. The molecule has 1 aliphatic heterocycles. The second kappa shape index (κ2) is 8.23. The number of carbonyl (C=O) groups excluding carboxylic acids is 2. The molecule has 148 valence electrons. The van der Waals surface area contributed by atoms with E-state index < -0.39 is 0 Å². The van der Waals surface area contributed by atoms with E-state index in [-0.39, 0.29) is 17.7 Å². The van der Waals surface area contributed by atoms with Crippen LogP contribution in [0.4, 0.5) is 5.69 Å². The minimum absolute atomic E-state index is 0.0274. The largest absolute Gasteiger partial charge is 0.378 e. The van der Waals surface area contributed by atoms with Crippen molar-refractivity contribution in [2.24, 2.45) is 5.92 Å². The number of nitrogens with one attached hydrogen (secondary N) is 1. The van der Waals surface area contributed by atoms with E-state index in [1.165, 1.54) is 4.88 Å². The predicted octanol–water partition coefficient (Wildman–Crippen LogP) is 3.93. The van der Waals surface area contributed by atoms with E-state index >= 15 is 0 Å². The average Bonchev–Trinajstić information content (AvgIpc) is 3.14. The summed E-state index contributed by atoms with van der Waals surface area (Å²) in [4.78, 5) is 29.3. The van der Waals surface area contributed by atoms with E-state index in [9.17, 15) is 9.59 Å². The Labute approximate surface area is 173 Å². The summed E-state index contributed by atoms with van der Waals surface area (Å²) in [7, 11) is 0. The summed E-state index contributed by atoms with van der Waals surface area (Å²) < 4.78 is 5.33. The van der Waals surface area contributed by atoms with Gasteiger partial charge < -0.3 is 15.0 Å². The number of rotatable bonds is 3. The Bertz CT molecular complexity index is 905. The molecule has 1 aliphatic carbocycles. The molecular weight excluding hydrogens is 396 g/mol. The topological polar surface area (TPSA) is 58.6 Å². The molecular formula is C21H23ClN2O3S. The van der Waals surface area contributed by atoms with Gasteiger partial charge in [0, 0.05) is 34.6 Å². The van der Waals surface area contributed by atoms with Gasteiger partial charge in [-0.3, -0.25) is 9.59 Å². The lowest BCUT2D eigenvalue weighted by molar-refractivity contribution is -0.120. The standard InChI is InChI=1S/C21H23ClN2O3S/c1-13-10-16(3-4-17(13)22)23-20(25)14-2-5-18-15(11-14)12-19(28-18)21(26)24-6-8-27-9-7-24/h3-4,10,12,14H,2,5-9,11H2,1H3,(H,23,25)/t14-/m1/s1. The lowest BCUT2D eigenvalue weighted by atomic mass is 9.87. The van der Waals surface area contributed by atoms with Crippen LogP contribution in [-0.4, -0.2) is 43.0 Å². The molecule has 28 heavy (non-hydrogen) atoms. The van der Waals surface area contributed by atoms with Gasteiger partial charge in [-0.1, -0.05) is 11.6 Å². The Balaban J connectivity index is 1.42. The fourth-order valence-electron chi connectivity index (χ4n) is 3.74. The molecule has 1 aromatic carbocycles. The van der Waals surface area contributed by atoms with Crippen molar-refractivity contribution >= 4 is 40.4 Å². The lowest BCUT2D eigenvalue weighted by Gasteiger charge is -2.26. The van der Waals surface area contributed by atoms with E-state index in [1.807, 2.05) is 30.0 Å². The molecule has 4 rings (SSSR count). The number of halogens is 1. The highest BCUT2D eigenvalue weighted by Gasteiger charge is 2.29. The molecule has 1 saturated heterocycles. The molecule has 1 N–H and O–H groups in total. The van der Waals surface area contributed by atoms with Gasteiger partial charge in [-0.05, 0) is 61.6 Å². The molecule has 0 radical (unpaired) electrons. The van der Waals surface area contributed by atoms with Crippen LogP contribution >= 0.6 is 22.9 Å². The van der Waals surface area contributed by atoms with Gasteiger partial charge in [-0.15, -0.1) is 11.3 Å². The molecule has 0 spiro atoms. The zero-order chi connectivity index (χ0) is 19.7. The van der Waals surface area contributed by atoms with Gasteiger partial charge in [-0.25, -0.2) is 0 Å². The smallest absolute Gasteiger partial charge is 0.264 e. The molecule has 5 nitrogen and oxygen atoms in total. The predicted molar refractivity (Wildman–Crippen MR) is 111 cm³/mol. The van der Waals surface area contributed by atoms with Crippen LogP contribution in [0, 0.1) is 12.8 Å². The SMILES string of the molecule is Cc1cc(NC(=O)[C@@H]2CCc3sc(C(=O)N4CCOCC4)cc3C2)ccc1Cl. The van der Waals surface area contributed by atoms with E-state index in [4.69, 9.17) is 16.3 Å². The second-order valence-corrected chi connectivity index (χ2v) is 8.90. The van der Waals surface area contributed by atoms with Crippen molar-refractivity contribution in [1.82, 2.24) is 4.90 Å². The average molecular weight is 419 g/mol. The Kier molecular flexibility index (Phi) is 5.71. The van der Waals surface area contributed by atoms with E-state index in [0.29, 0.717) is 37.7 Å². The van der Waals surface area contributed by atoms with Gasteiger partial charge in [0.15, 0.2) is 0 Å². The molecule has 0 saturated carbocycles. The molecule has 0 unspecified atom stereocenters. The lowest BCUT2D eigenvalue weighted by Crippen LogP contribution is -2.40. The fraction of sp³-hybridized carbons (Fsp3) is 0.429. The Morgan fingerprint density at radius 2 is 2.04 bits per heavy atom. The first-order valence-electron chi connectivity index (χ1n) is 9.57. The quantitative estimate of drug-likeness (QED) is 0.821. The molecule has 1 atom stereocenters. The minimum atomic E-state index is -0.0792. The molecule has 0 bridgehead atoms. The zero-order valence-corrected chi connectivity index (χ0v) is 17.4. The third-order valence-electron chi connectivity index (χ3n) is 5.39. The van der Waals surface area contributed by atoms with Crippen molar-refractivity contribution < 1.29 is 14.3 Å². The van der Waals surface area contributed by atoms with Gasteiger partial charge in [0.25, 0.3) is 5.91 Å². The van der Waals surface area contributed by atoms with Gasteiger partial charge in [0.05, 0.1) is 18.1 Å². The number of carbonyl (C=O) groups is 2. The number of morpholine rings is 1. The number of anilines is 1. The molecule has 1 aromatic heterocycles. The number of hydrogen-bond donors (Lipinski definition) is 1. The zero-order valence-electron chi connectivity index (χ0n) is 15.8. The van der Waals surface area contributed by atoms with Crippen molar-refractivity contribution in [1.29, 1.82) is 0 Å². The number of nitrogens with zero attached hydrogens (tertiary/aromatic N) is 1. The highest BCUT2D eigenvalue weighted by Crippen LogP contribution is 2.34. The van der Waals surface area contributed by atoms with Crippen LogP contribution in [0.3, 0.4) is 0 Å². The Morgan fingerprint density at radius 3 is 2.79 bits per heavy atom. The number of thiophene rings is 1. The van der Waals surface area contributed by atoms with E-state index in [0.717, 1.165) is 34.5 Å². The first-order valence-corrected chi connectivity index (χ1v) is 10.8. The number of benzene rings is 1. The normalized spacial score (nSPS) is 19.2. The second-order valence-electron chi connectivity index (χ2n) is 7.36. The highest BCUT2D eigenvalue weighted by atomic mass is 35.5. The van der Waals surface area contributed by atoms with Crippen LogP contribution < -0.4 is 5.32 Å². The Hall–Kier alpha value is -1.89. The molecule has 2 amide bonds. The first kappa shape index (κ1) is 19.4. The summed E-state index contributed by atoms with van der Waals surface area (Å²) in [6, 6.07) is 7.50. The van der Waals surface area contributed by atoms with Gasteiger partial charge in [0.1, 0.15) is 0 Å². The maximum absolute atomic E-state index is 12.7. The van der Waals surface area contributed by atoms with Gasteiger partial charge >= 0.3 is 0 Å². The first-order chi connectivity index (χ1) is 13.5. The maximum Gasteiger partial charge on any atom is 0.264 e. The summed E-state index contributed by atoms with van der Waals surface area (Å²) in [6.07, 6.45) is 2.33. The van der Waals surface area contributed by atoms with Crippen molar-refractivity contribution in [3.8, 4) is 0 Å². The maximum atomic E-state index is 12.7. The van der Waals surface area contributed by atoms with Crippen LogP contribution in [0.25, 0.3) is 0 Å². The third-order valence-corrected chi connectivity index (χ3v) is 7.04. The van der Waals surface area contributed by atoms with Crippen LogP contribution in [0.1, 0.15) is 32.1 Å². The number of fused-ring (bicyclic) bond motifs is 1. The molecule has 2 aromatic rings. The van der Waals surface area contributed by atoms with E-state index in [2.05, 4.69) is 5.32 Å². The van der Waals surface area contributed by atoms with Crippen molar-refractivity contribution in [3.63, 3.8) is 0 Å². The summed E-state index contributed by atoms with van der Waals surface area (Å²) >= 11 is 7.64. The summed E-state index contributed by atoms with van der Waals surface area (Å²) in [5.74, 6) is 0.0318. The third kappa shape index (κ3) is 4.09. The number of aryl methyl sites for hydroxylation is 2. The highest BCUT2D eigenvalue weighted by molar-refractivity contribution is 7.14. The molecule has 1 fully saturated rings. The Morgan fingerprint density at radius 1 is 1.25 bits per heavy atom. The molecule has 2 heterocycles. The summed E-state index contributed by atoms with van der Waals surface area (Å²) in [6.45, 7) is 4.41. The monoisotopic (exact) mass is 418 g/mol. The van der Waals surface area contributed by atoms with Crippen LogP contribution in [0.2, 0.25) is 5.02 Å². The summed E-state index contributed by atoms with van der Waals surface area (Å²) in [5, 5.41) is 3.70. The minimum Gasteiger partial charge on any atom is -0.378 e. The van der Waals surface area contributed by atoms with Gasteiger partial charge in [-0.2, -0.15) is 0 Å². The number of amides is 2. The fourth-order valence-corrected chi connectivity index (χ4v) is 5.04. The molecule has 2 aliphatic rings. The van der Waals surface area contributed by atoms with E-state index in [1.54, 1.807) is 17.4 Å².